The maximum atomic E-state index is 13.5. The van der Waals surface area contributed by atoms with Crippen molar-refractivity contribution in [2.75, 3.05) is 26.2 Å². The molecule has 0 atom stereocenters. The van der Waals surface area contributed by atoms with Gasteiger partial charge in [0.05, 0.1) is 14.0 Å². The average Bonchev–Trinajstić information content (AvgIpc) is 3.33. The van der Waals surface area contributed by atoms with Crippen LogP contribution in [-0.2, 0) is 13.1 Å². The second-order valence-corrected chi connectivity index (χ2v) is 10.6. The van der Waals surface area contributed by atoms with Crippen molar-refractivity contribution in [1.29, 1.82) is 0 Å². The Kier molecular flexibility index (Phi) is 6.13. The predicted molar refractivity (Wildman–Crippen MR) is 131 cm³/mol. The molecular weight excluding hydrogens is 489 g/mol. The first kappa shape index (κ1) is 21.4. The predicted octanol–water partition coefficient (Wildman–Crippen LogP) is 5.61. The Hall–Kier alpha value is -2.48. The number of aromatic nitrogens is 1. The van der Waals surface area contributed by atoms with Crippen LogP contribution in [0.2, 0.25) is 0 Å². The van der Waals surface area contributed by atoms with E-state index in [2.05, 4.69) is 55.7 Å². The first-order chi connectivity index (χ1) is 15.6. The molecule has 2 aromatic carbocycles. The van der Waals surface area contributed by atoms with Gasteiger partial charge in [0, 0.05) is 39.3 Å². The van der Waals surface area contributed by atoms with E-state index in [-0.39, 0.29) is 11.7 Å². The van der Waals surface area contributed by atoms with E-state index in [1.807, 2.05) is 17.0 Å². The highest BCUT2D eigenvalue weighted by Crippen LogP contribution is 2.33. The lowest BCUT2D eigenvalue weighted by atomic mass is 10.2. The van der Waals surface area contributed by atoms with Gasteiger partial charge in [-0.2, -0.15) is 0 Å². The lowest BCUT2D eigenvalue weighted by molar-refractivity contribution is 0.0619. The monoisotopic (exact) mass is 511 g/mol. The van der Waals surface area contributed by atoms with Crippen LogP contribution >= 0.6 is 27.3 Å². The SMILES string of the molecule is O=C(c1cc2sc(Br)cc2n1Cc1ccc(F)cc1)N1CCN(Cc2ccccc2)CC1. The van der Waals surface area contributed by atoms with Gasteiger partial charge in [-0.1, -0.05) is 42.5 Å². The van der Waals surface area contributed by atoms with Crippen LogP contribution in [0.4, 0.5) is 4.39 Å². The molecule has 0 unspecified atom stereocenters. The summed E-state index contributed by atoms with van der Waals surface area (Å²) in [7, 11) is 0. The maximum absolute atomic E-state index is 13.5. The fourth-order valence-corrected chi connectivity index (χ4v) is 5.81. The molecule has 32 heavy (non-hydrogen) atoms. The van der Waals surface area contributed by atoms with Gasteiger partial charge in [-0.25, -0.2) is 4.39 Å². The summed E-state index contributed by atoms with van der Waals surface area (Å²) in [6, 6.07) is 21.0. The molecule has 4 aromatic rings. The lowest BCUT2D eigenvalue weighted by Gasteiger charge is -2.35. The first-order valence-corrected chi connectivity index (χ1v) is 12.3. The number of piperazine rings is 1. The zero-order valence-electron chi connectivity index (χ0n) is 17.5. The molecule has 3 heterocycles. The van der Waals surface area contributed by atoms with Gasteiger partial charge in [0.25, 0.3) is 5.91 Å². The molecule has 1 aliphatic rings. The molecule has 0 aliphatic carbocycles. The Morgan fingerprint density at radius 2 is 1.59 bits per heavy atom. The van der Waals surface area contributed by atoms with E-state index in [0.29, 0.717) is 25.3 Å². The number of fused-ring (bicyclic) bond motifs is 1. The van der Waals surface area contributed by atoms with Crippen LogP contribution in [-0.4, -0.2) is 46.5 Å². The fourth-order valence-electron chi connectivity index (χ4n) is 4.24. The maximum Gasteiger partial charge on any atom is 0.270 e. The van der Waals surface area contributed by atoms with Gasteiger partial charge >= 0.3 is 0 Å². The summed E-state index contributed by atoms with van der Waals surface area (Å²) in [5, 5.41) is 0. The van der Waals surface area contributed by atoms with Crippen molar-refractivity contribution in [1.82, 2.24) is 14.4 Å². The highest BCUT2D eigenvalue weighted by atomic mass is 79.9. The van der Waals surface area contributed by atoms with Crippen LogP contribution in [0.5, 0.6) is 0 Å². The number of rotatable bonds is 5. The molecule has 0 spiro atoms. The number of thiophene rings is 1. The molecule has 4 nitrogen and oxygen atoms in total. The van der Waals surface area contributed by atoms with Crippen LogP contribution < -0.4 is 0 Å². The van der Waals surface area contributed by atoms with E-state index in [0.717, 1.165) is 39.2 Å². The van der Waals surface area contributed by atoms with Crippen molar-refractivity contribution in [3.63, 3.8) is 0 Å². The van der Waals surface area contributed by atoms with Crippen LogP contribution in [0.25, 0.3) is 10.2 Å². The van der Waals surface area contributed by atoms with Crippen molar-refractivity contribution >= 4 is 43.4 Å². The Morgan fingerprint density at radius 3 is 2.31 bits per heavy atom. The van der Waals surface area contributed by atoms with Crippen molar-refractivity contribution in [2.45, 2.75) is 13.1 Å². The minimum atomic E-state index is -0.255. The second-order valence-electron chi connectivity index (χ2n) is 8.10. The summed E-state index contributed by atoms with van der Waals surface area (Å²) >= 11 is 5.18. The Morgan fingerprint density at radius 1 is 0.906 bits per heavy atom. The Balaban J connectivity index is 1.34. The zero-order chi connectivity index (χ0) is 22.1. The van der Waals surface area contributed by atoms with Crippen LogP contribution in [0.15, 0.2) is 70.5 Å². The third-order valence-corrected chi connectivity index (χ3v) is 7.52. The summed E-state index contributed by atoms with van der Waals surface area (Å²) in [4.78, 5) is 17.9. The Labute approximate surface area is 199 Å². The van der Waals surface area contributed by atoms with Crippen LogP contribution in [0.1, 0.15) is 21.6 Å². The number of hydrogen-bond acceptors (Lipinski definition) is 3. The molecule has 1 amide bonds. The summed E-state index contributed by atoms with van der Waals surface area (Å²) in [5.74, 6) is -0.194. The van der Waals surface area contributed by atoms with Gasteiger partial charge in [-0.3, -0.25) is 9.69 Å². The Bertz CT molecular complexity index is 1230. The molecule has 0 saturated carbocycles. The molecule has 2 aromatic heterocycles. The van der Waals surface area contributed by atoms with E-state index in [1.165, 1.54) is 17.7 Å². The van der Waals surface area contributed by atoms with Crippen molar-refractivity contribution in [3.05, 3.63) is 93.2 Å². The molecule has 0 bridgehead atoms. The molecule has 1 aliphatic heterocycles. The smallest absolute Gasteiger partial charge is 0.270 e. The number of benzene rings is 2. The number of hydrogen-bond donors (Lipinski definition) is 0. The van der Waals surface area contributed by atoms with Gasteiger partial charge < -0.3 is 9.47 Å². The van der Waals surface area contributed by atoms with E-state index in [9.17, 15) is 9.18 Å². The standard InChI is InChI=1S/C25H23BrFN3OS/c26-24-15-21-23(32-24)14-22(30(21)17-19-6-8-20(27)9-7-19)25(31)29-12-10-28(11-13-29)16-18-4-2-1-3-5-18/h1-9,14-15H,10-13,16-17H2. The second kappa shape index (κ2) is 9.17. The zero-order valence-corrected chi connectivity index (χ0v) is 19.9. The average molecular weight is 512 g/mol. The van der Waals surface area contributed by atoms with Crippen LogP contribution in [0.3, 0.4) is 0 Å². The number of carbonyl (C=O) groups excluding carboxylic acids is 1. The lowest BCUT2D eigenvalue weighted by Crippen LogP contribution is -2.48. The number of halogens is 2. The summed E-state index contributed by atoms with van der Waals surface area (Å²) in [6.45, 7) is 4.59. The first-order valence-electron chi connectivity index (χ1n) is 10.7. The molecule has 1 fully saturated rings. The molecule has 164 valence electrons. The van der Waals surface area contributed by atoms with Gasteiger partial charge in [0.15, 0.2) is 0 Å². The molecule has 5 rings (SSSR count). The number of amides is 1. The molecule has 7 heteroatoms. The highest BCUT2D eigenvalue weighted by molar-refractivity contribution is 9.11. The third-order valence-electron chi connectivity index (χ3n) is 5.94. The van der Waals surface area contributed by atoms with E-state index in [1.54, 1.807) is 23.5 Å². The highest BCUT2D eigenvalue weighted by Gasteiger charge is 2.26. The quantitative estimate of drug-likeness (QED) is 0.348. The van der Waals surface area contributed by atoms with E-state index in [4.69, 9.17) is 0 Å². The number of nitrogens with zero attached hydrogens (tertiary/aromatic N) is 3. The summed E-state index contributed by atoms with van der Waals surface area (Å²) < 4.78 is 17.5. The number of carbonyl (C=O) groups is 1. The summed E-state index contributed by atoms with van der Waals surface area (Å²) in [6.07, 6.45) is 0. The van der Waals surface area contributed by atoms with Crippen molar-refractivity contribution in [3.8, 4) is 0 Å². The normalized spacial score (nSPS) is 14.9. The van der Waals surface area contributed by atoms with Gasteiger partial charge in [-0.15, -0.1) is 11.3 Å². The van der Waals surface area contributed by atoms with Gasteiger partial charge in [-0.05, 0) is 51.3 Å². The third kappa shape index (κ3) is 4.51. The minimum absolute atomic E-state index is 0.0611. The minimum Gasteiger partial charge on any atom is -0.335 e. The molecule has 1 saturated heterocycles. The molecule has 0 N–H and O–H groups in total. The van der Waals surface area contributed by atoms with Crippen molar-refractivity contribution in [2.24, 2.45) is 0 Å². The van der Waals surface area contributed by atoms with Crippen LogP contribution in [0, 0.1) is 5.82 Å². The fraction of sp³-hybridized carbons (Fsp3) is 0.240. The van der Waals surface area contributed by atoms with E-state index >= 15 is 0 Å². The largest absolute Gasteiger partial charge is 0.335 e. The molecule has 0 radical (unpaired) electrons. The topological polar surface area (TPSA) is 28.5 Å². The molecular formula is C25H23BrFN3OS. The summed E-state index contributed by atoms with van der Waals surface area (Å²) in [5.41, 5.74) is 3.98. The van der Waals surface area contributed by atoms with Gasteiger partial charge in [0.1, 0.15) is 11.5 Å². The van der Waals surface area contributed by atoms with E-state index < -0.39 is 0 Å². The van der Waals surface area contributed by atoms with Crippen molar-refractivity contribution < 1.29 is 9.18 Å². The van der Waals surface area contributed by atoms with Gasteiger partial charge in [0.2, 0.25) is 0 Å².